The second-order valence-corrected chi connectivity index (χ2v) is 8.14. The van der Waals surface area contributed by atoms with Crippen molar-refractivity contribution in [1.29, 1.82) is 0 Å². The van der Waals surface area contributed by atoms with Gasteiger partial charge in [-0.05, 0) is 53.9 Å². The van der Waals surface area contributed by atoms with Crippen molar-refractivity contribution in [2.24, 2.45) is 0 Å². The van der Waals surface area contributed by atoms with Crippen LogP contribution in [-0.4, -0.2) is 27.2 Å². The molecule has 2 heterocycles. The molecule has 1 aliphatic heterocycles. The molecule has 2 aromatic rings. The molecular formula is C19H22BrFN4O. The molecule has 1 aromatic heterocycles. The Morgan fingerprint density at radius 2 is 2.15 bits per heavy atom. The molecule has 1 aliphatic carbocycles. The van der Waals surface area contributed by atoms with Crippen molar-refractivity contribution in [3.63, 3.8) is 0 Å². The summed E-state index contributed by atoms with van der Waals surface area (Å²) in [5.74, 6) is 0.167. The Morgan fingerprint density at radius 1 is 1.38 bits per heavy atom. The Kier molecular flexibility index (Phi) is 4.73. The fourth-order valence-electron chi connectivity index (χ4n) is 4.07. The summed E-state index contributed by atoms with van der Waals surface area (Å²) in [6.45, 7) is 2.60. The number of carbonyl (C=O) groups excluding carboxylic acids is 1. The number of aromatic amines is 1. The summed E-state index contributed by atoms with van der Waals surface area (Å²) in [7, 11) is 0. The normalized spacial score (nSPS) is 20.3. The monoisotopic (exact) mass is 420 g/mol. The smallest absolute Gasteiger partial charge is 0.317 e. The molecule has 0 radical (unpaired) electrons. The summed E-state index contributed by atoms with van der Waals surface area (Å²) in [6.07, 6.45) is 5.65. The van der Waals surface area contributed by atoms with Gasteiger partial charge in [0.25, 0.3) is 0 Å². The maximum atomic E-state index is 13.4. The van der Waals surface area contributed by atoms with E-state index in [4.69, 9.17) is 0 Å². The van der Waals surface area contributed by atoms with E-state index in [2.05, 4.69) is 31.4 Å². The van der Waals surface area contributed by atoms with Gasteiger partial charge in [0, 0.05) is 35.3 Å². The lowest BCUT2D eigenvalue weighted by molar-refractivity contribution is 0.181. The van der Waals surface area contributed by atoms with Gasteiger partial charge in [0.15, 0.2) is 0 Å². The molecule has 138 valence electrons. The number of benzene rings is 1. The van der Waals surface area contributed by atoms with Crippen molar-refractivity contribution >= 4 is 27.6 Å². The molecule has 2 amide bonds. The molecule has 26 heavy (non-hydrogen) atoms. The van der Waals surface area contributed by atoms with Gasteiger partial charge < -0.3 is 10.2 Å². The highest BCUT2D eigenvalue weighted by Gasteiger charge is 2.33. The quantitative estimate of drug-likeness (QED) is 0.721. The topological polar surface area (TPSA) is 61.0 Å². The molecule has 1 saturated carbocycles. The highest BCUT2D eigenvalue weighted by atomic mass is 79.9. The first-order valence-corrected chi connectivity index (χ1v) is 9.91. The number of fused-ring (bicyclic) bond motifs is 1. The number of urea groups is 1. The van der Waals surface area contributed by atoms with Crippen molar-refractivity contribution in [3.8, 4) is 0 Å². The van der Waals surface area contributed by atoms with Gasteiger partial charge in [0.2, 0.25) is 0 Å². The van der Waals surface area contributed by atoms with Crippen LogP contribution in [-0.2, 0) is 13.0 Å². The second kappa shape index (κ2) is 7.02. The van der Waals surface area contributed by atoms with Crippen molar-refractivity contribution in [3.05, 3.63) is 45.4 Å². The lowest BCUT2D eigenvalue weighted by Crippen LogP contribution is -2.45. The number of rotatable bonds is 2. The second-order valence-electron chi connectivity index (χ2n) is 7.29. The SMILES string of the molecule is C[C@@H]1Cc2[nH]nc(C3CCCC3)c2CN1C(=O)Nc1ccc(F)c(Br)c1. The summed E-state index contributed by atoms with van der Waals surface area (Å²) in [5.41, 5.74) is 4.06. The zero-order valence-electron chi connectivity index (χ0n) is 14.7. The molecule has 4 rings (SSSR count). The third kappa shape index (κ3) is 3.24. The van der Waals surface area contributed by atoms with Crippen LogP contribution in [0.15, 0.2) is 22.7 Å². The predicted molar refractivity (Wildman–Crippen MR) is 102 cm³/mol. The summed E-state index contributed by atoms with van der Waals surface area (Å²) in [5, 5.41) is 10.7. The minimum atomic E-state index is -0.349. The highest BCUT2D eigenvalue weighted by molar-refractivity contribution is 9.10. The van der Waals surface area contributed by atoms with Crippen LogP contribution in [0, 0.1) is 5.82 Å². The number of carbonyl (C=O) groups is 1. The van der Waals surface area contributed by atoms with E-state index in [1.54, 1.807) is 12.1 Å². The number of H-pyrrole nitrogens is 1. The van der Waals surface area contributed by atoms with Gasteiger partial charge >= 0.3 is 6.03 Å². The molecule has 2 aliphatic rings. The number of hydrogen-bond donors (Lipinski definition) is 2. The van der Waals surface area contributed by atoms with Gasteiger partial charge in [-0.1, -0.05) is 12.8 Å². The average Bonchev–Trinajstić information content (AvgIpc) is 3.26. The number of anilines is 1. The summed E-state index contributed by atoms with van der Waals surface area (Å²) >= 11 is 3.15. The van der Waals surface area contributed by atoms with Crippen molar-refractivity contribution in [2.45, 2.75) is 57.5 Å². The lowest BCUT2D eigenvalue weighted by Gasteiger charge is -2.33. The summed E-state index contributed by atoms with van der Waals surface area (Å²) in [4.78, 5) is 14.7. The molecule has 1 aromatic carbocycles. The van der Waals surface area contributed by atoms with E-state index < -0.39 is 0 Å². The van der Waals surface area contributed by atoms with Crippen molar-refractivity contribution < 1.29 is 9.18 Å². The van der Waals surface area contributed by atoms with E-state index in [0.29, 0.717) is 22.6 Å². The van der Waals surface area contributed by atoms with Crippen LogP contribution < -0.4 is 5.32 Å². The maximum absolute atomic E-state index is 13.4. The van der Waals surface area contributed by atoms with E-state index in [-0.39, 0.29) is 17.9 Å². The first kappa shape index (κ1) is 17.5. The number of halogens is 2. The Balaban J connectivity index is 1.53. The Labute approximate surface area is 160 Å². The van der Waals surface area contributed by atoms with E-state index in [1.807, 2.05) is 11.8 Å². The number of amides is 2. The highest BCUT2D eigenvalue weighted by Crippen LogP contribution is 2.37. The fourth-order valence-corrected chi connectivity index (χ4v) is 4.45. The number of nitrogens with zero attached hydrogens (tertiary/aromatic N) is 2. The van der Waals surface area contributed by atoms with Crippen LogP contribution >= 0.6 is 15.9 Å². The molecule has 0 bridgehead atoms. The maximum Gasteiger partial charge on any atom is 0.322 e. The van der Waals surface area contributed by atoms with Crippen LogP contribution in [0.1, 0.15) is 55.5 Å². The van der Waals surface area contributed by atoms with E-state index in [9.17, 15) is 9.18 Å². The van der Waals surface area contributed by atoms with Crippen molar-refractivity contribution in [1.82, 2.24) is 15.1 Å². The van der Waals surface area contributed by atoms with Gasteiger partial charge in [0.1, 0.15) is 5.82 Å². The third-order valence-electron chi connectivity index (χ3n) is 5.52. The fraction of sp³-hybridized carbons (Fsp3) is 0.474. The van der Waals surface area contributed by atoms with Gasteiger partial charge in [-0.25, -0.2) is 9.18 Å². The molecule has 0 spiro atoms. The molecule has 2 N–H and O–H groups in total. The van der Waals surface area contributed by atoms with Crippen molar-refractivity contribution in [2.75, 3.05) is 5.32 Å². The van der Waals surface area contributed by atoms with Gasteiger partial charge in [-0.3, -0.25) is 5.10 Å². The lowest BCUT2D eigenvalue weighted by atomic mass is 9.94. The number of nitrogens with one attached hydrogen (secondary N) is 2. The van der Waals surface area contributed by atoms with Crippen LogP contribution in [0.3, 0.4) is 0 Å². The largest absolute Gasteiger partial charge is 0.322 e. The summed E-state index contributed by atoms with van der Waals surface area (Å²) < 4.78 is 13.7. The van der Waals surface area contributed by atoms with E-state index in [1.165, 1.54) is 37.3 Å². The molecule has 1 atom stereocenters. The Hall–Kier alpha value is -1.89. The zero-order valence-corrected chi connectivity index (χ0v) is 16.3. The predicted octanol–water partition coefficient (Wildman–Crippen LogP) is 4.95. The molecule has 1 fully saturated rings. The average molecular weight is 421 g/mol. The number of aromatic nitrogens is 2. The molecule has 5 nitrogen and oxygen atoms in total. The molecule has 0 saturated heterocycles. The van der Waals surface area contributed by atoms with Gasteiger partial charge in [-0.2, -0.15) is 5.10 Å². The minimum Gasteiger partial charge on any atom is -0.317 e. The molecule has 0 unspecified atom stereocenters. The van der Waals surface area contributed by atoms with Gasteiger partial charge in [-0.15, -0.1) is 0 Å². The van der Waals surface area contributed by atoms with E-state index in [0.717, 1.165) is 17.8 Å². The minimum absolute atomic E-state index is 0.0725. The molecule has 7 heteroatoms. The first-order chi connectivity index (χ1) is 12.5. The van der Waals surface area contributed by atoms with Crippen LogP contribution in [0.5, 0.6) is 0 Å². The summed E-state index contributed by atoms with van der Waals surface area (Å²) in [6, 6.07) is 4.39. The first-order valence-electron chi connectivity index (χ1n) is 9.11. The van der Waals surface area contributed by atoms with E-state index >= 15 is 0 Å². The zero-order chi connectivity index (χ0) is 18.3. The van der Waals surface area contributed by atoms with Crippen LogP contribution in [0.25, 0.3) is 0 Å². The van der Waals surface area contributed by atoms with Gasteiger partial charge in [0.05, 0.1) is 16.7 Å². The third-order valence-corrected chi connectivity index (χ3v) is 6.13. The van der Waals surface area contributed by atoms with Crippen LogP contribution in [0.4, 0.5) is 14.9 Å². The standard InChI is InChI=1S/C19H22BrFN4O/c1-11-8-17-14(18(24-23-17)12-4-2-3-5-12)10-25(11)19(26)22-13-6-7-16(21)15(20)9-13/h6-7,9,11-12H,2-5,8,10H2,1H3,(H,22,26)(H,23,24)/t11-/m1/s1. The van der Waals surface area contributed by atoms with Crippen LogP contribution in [0.2, 0.25) is 0 Å². The molecular weight excluding hydrogens is 399 g/mol. The Bertz CT molecular complexity index is 831. The number of hydrogen-bond acceptors (Lipinski definition) is 2. The Morgan fingerprint density at radius 3 is 2.88 bits per heavy atom.